The molecule has 3 heterocycles. The van der Waals surface area contributed by atoms with Gasteiger partial charge in [0.2, 0.25) is 0 Å². The van der Waals surface area contributed by atoms with Crippen molar-refractivity contribution in [2.75, 3.05) is 31.8 Å². The van der Waals surface area contributed by atoms with Crippen LogP contribution in [0.4, 0.5) is 5.82 Å². The number of nitrogens with zero attached hydrogens (tertiary/aromatic N) is 3. The summed E-state index contributed by atoms with van der Waals surface area (Å²) in [6, 6.07) is 5.99. The SMILES string of the molecule is COCc1nc(C)cc(N2CCOCC2CC(O)c2cccs2)n1. The van der Waals surface area contributed by atoms with Gasteiger partial charge >= 0.3 is 0 Å². The minimum absolute atomic E-state index is 0.0838. The molecule has 0 amide bonds. The van der Waals surface area contributed by atoms with Gasteiger partial charge in [-0.05, 0) is 18.4 Å². The summed E-state index contributed by atoms with van der Waals surface area (Å²) in [5.74, 6) is 1.55. The highest BCUT2D eigenvalue weighted by atomic mass is 32.1. The molecule has 0 bridgehead atoms. The van der Waals surface area contributed by atoms with Crippen LogP contribution in [0.2, 0.25) is 0 Å². The van der Waals surface area contributed by atoms with E-state index in [1.54, 1.807) is 18.4 Å². The fraction of sp³-hybridized carbons (Fsp3) is 0.529. The first-order valence-corrected chi connectivity index (χ1v) is 8.94. The maximum atomic E-state index is 10.5. The molecule has 0 aliphatic carbocycles. The molecule has 1 aliphatic heterocycles. The molecule has 2 aromatic heterocycles. The van der Waals surface area contributed by atoms with Gasteiger partial charge in [0.1, 0.15) is 12.4 Å². The Morgan fingerprint density at radius 3 is 3.12 bits per heavy atom. The molecular formula is C17H23N3O3S. The minimum Gasteiger partial charge on any atom is -0.387 e. The number of methoxy groups -OCH3 is 1. The number of rotatable bonds is 6. The normalized spacial score (nSPS) is 19.5. The van der Waals surface area contributed by atoms with Crippen LogP contribution in [0.1, 0.15) is 28.9 Å². The number of ether oxygens (including phenoxy) is 2. The van der Waals surface area contributed by atoms with Crippen molar-refractivity contribution in [1.82, 2.24) is 9.97 Å². The zero-order chi connectivity index (χ0) is 16.9. The van der Waals surface area contributed by atoms with Crippen LogP contribution >= 0.6 is 11.3 Å². The largest absolute Gasteiger partial charge is 0.387 e. The summed E-state index contributed by atoms with van der Waals surface area (Å²) in [6.45, 7) is 4.35. The highest BCUT2D eigenvalue weighted by Gasteiger charge is 2.28. The molecule has 1 aliphatic rings. The van der Waals surface area contributed by atoms with Gasteiger partial charge in [0.25, 0.3) is 0 Å². The molecule has 7 heteroatoms. The topological polar surface area (TPSA) is 67.7 Å². The first-order chi connectivity index (χ1) is 11.7. The summed E-state index contributed by atoms with van der Waals surface area (Å²) in [5, 5.41) is 12.5. The molecule has 24 heavy (non-hydrogen) atoms. The number of aromatic nitrogens is 2. The zero-order valence-electron chi connectivity index (χ0n) is 14.0. The summed E-state index contributed by atoms with van der Waals surface area (Å²) in [4.78, 5) is 12.2. The van der Waals surface area contributed by atoms with E-state index in [9.17, 15) is 5.11 Å². The molecular weight excluding hydrogens is 326 g/mol. The van der Waals surface area contributed by atoms with Crippen molar-refractivity contribution in [3.05, 3.63) is 40.0 Å². The van der Waals surface area contributed by atoms with Crippen LogP contribution in [-0.4, -0.2) is 48.0 Å². The molecule has 130 valence electrons. The first-order valence-electron chi connectivity index (χ1n) is 8.06. The minimum atomic E-state index is -0.486. The van der Waals surface area contributed by atoms with E-state index < -0.39 is 6.10 Å². The van der Waals surface area contributed by atoms with E-state index in [0.29, 0.717) is 32.1 Å². The second-order valence-electron chi connectivity index (χ2n) is 5.91. The van der Waals surface area contributed by atoms with E-state index in [-0.39, 0.29) is 6.04 Å². The Hall–Kier alpha value is -1.54. The third-order valence-corrected chi connectivity index (χ3v) is 5.02. The van der Waals surface area contributed by atoms with Gasteiger partial charge in [0.05, 0.1) is 25.4 Å². The van der Waals surface area contributed by atoms with E-state index >= 15 is 0 Å². The van der Waals surface area contributed by atoms with Crippen LogP contribution in [0.15, 0.2) is 23.6 Å². The number of aryl methyl sites for hydroxylation is 1. The highest BCUT2D eigenvalue weighted by Crippen LogP contribution is 2.28. The van der Waals surface area contributed by atoms with Gasteiger partial charge in [-0.2, -0.15) is 0 Å². The lowest BCUT2D eigenvalue weighted by molar-refractivity contribution is 0.0683. The van der Waals surface area contributed by atoms with Gasteiger partial charge in [0.15, 0.2) is 5.82 Å². The maximum Gasteiger partial charge on any atom is 0.156 e. The Bertz CT molecular complexity index is 651. The molecule has 0 aromatic carbocycles. The van der Waals surface area contributed by atoms with Crippen LogP contribution in [-0.2, 0) is 16.1 Å². The Labute approximate surface area is 146 Å². The molecule has 1 N–H and O–H groups in total. The molecule has 0 saturated carbocycles. The lowest BCUT2D eigenvalue weighted by Crippen LogP contribution is -2.46. The molecule has 2 aromatic rings. The molecule has 6 nitrogen and oxygen atoms in total. The first kappa shape index (κ1) is 17.3. The van der Waals surface area contributed by atoms with Gasteiger partial charge < -0.3 is 19.5 Å². The van der Waals surface area contributed by atoms with Crippen LogP contribution < -0.4 is 4.90 Å². The Kier molecular flexibility index (Phi) is 5.78. The average Bonchev–Trinajstić information content (AvgIpc) is 3.10. The lowest BCUT2D eigenvalue weighted by atomic mass is 10.1. The van der Waals surface area contributed by atoms with Crippen molar-refractivity contribution in [2.24, 2.45) is 0 Å². The number of morpholine rings is 1. The second-order valence-corrected chi connectivity index (χ2v) is 6.89. The number of aliphatic hydroxyl groups excluding tert-OH is 1. The number of thiophene rings is 1. The van der Waals surface area contributed by atoms with Gasteiger partial charge in [-0.3, -0.25) is 0 Å². The molecule has 3 rings (SSSR count). The summed E-state index contributed by atoms with van der Waals surface area (Å²) in [7, 11) is 1.64. The molecule has 2 unspecified atom stereocenters. The van der Waals surface area contributed by atoms with Crippen LogP contribution in [0, 0.1) is 6.92 Å². The standard InChI is InChI=1S/C17H23N3O3S/c1-12-8-17(19-16(18-12)11-22-2)20-5-6-23-10-13(20)9-14(21)15-4-3-7-24-15/h3-4,7-8,13-14,21H,5-6,9-11H2,1-2H3. The Morgan fingerprint density at radius 2 is 2.38 bits per heavy atom. The number of anilines is 1. The molecule has 0 spiro atoms. The van der Waals surface area contributed by atoms with E-state index in [1.807, 2.05) is 30.5 Å². The van der Waals surface area contributed by atoms with Crippen molar-refractivity contribution >= 4 is 17.2 Å². The van der Waals surface area contributed by atoms with Crippen LogP contribution in [0.5, 0.6) is 0 Å². The third-order valence-electron chi connectivity index (χ3n) is 4.05. The monoisotopic (exact) mass is 349 g/mol. The van der Waals surface area contributed by atoms with Crippen molar-refractivity contribution in [3.63, 3.8) is 0 Å². The van der Waals surface area contributed by atoms with Crippen LogP contribution in [0.3, 0.4) is 0 Å². The van der Waals surface area contributed by atoms with Crippen molar-refractivity contribution in [3.8, 4) is 0 Å². The molecule has 2 atom stereocenters. The van der Waals surface area contributed by atoms with Crippen molar-refractivity contribution in [2.45, 2.75) is 32.1 Å². The Morgan fingerprint density at radius 1 is 1.50 bits per heavy atom. The maximum absolute atomic E-state index is 10.5. The van der Waals surface area contributed by atoms with Gasteiger partial charge in [-0.1, -0.05) is 6.07 Å². The highest BCUT2D eigenvalue weighted by molar-refractivity contribution is 7.10. The van der Waals surface area contributed by atoms with Gasteiger partial charge in [-0.25, -0.2) is 9.97 Å². The van der Waals surface area contributed by atoms with E-state index in [1.165, 1.54) is 0 Å². The second kappa shape index (κ2) is 8.02. The van der Waals surface area contributed by atoms with Crippen LogP contribution in [0.25, 0.3) is 0 Å². The summed E-state index contributed by atoms with van der Waals surface area (Å²) >= 11 is 1.58. The fourth-order valence-electron chi connectivity index (χ4n) is 2.96. The Balaban J connectivity index is 1.79. The molecule has 1 saturated heterocycles. The molecule has 1 fully saturated rings. The number of hydrogen-bond donors (Lipinski definition) is 1. The van der Waals surface area contributed by atoms with Gasteiger partial charge in [-0.15, -0.1) is 11.3 Å². The zero-order valence-corrected chi connectivity index (χ0v) is 14.8. The van der Waals surface area contributed by atoms with Crippen molar-refractivity contribution in [1.29, 1.82) is 0 Å². The third kappa shape index (κ3) is 4.10. The van der Waals surface area contributed by atoms with Crippen molar-refractivity contribution < 1.29 is 14.6 Å². The fourth-order valence-corrected chi connectivity index (χ4v) is 3.68. The quantitative estimate of drug-likeness (QED) is 0.863. The summed E-state index contributed by atoms with van der Waals surface area (Å²) in [5.41, 5.74) is 0.913. The van der Waals surface area contributed by atoms with E-state index in [0.717, 1.165) is 22.9 Å². The molecule has 0 radical (unpaired) electrons. The number of aliphatic hydroxyl groups is 1. The smallest absolute Gasteiger partial charge is 0.156 e. The average molecular weight is 349 g/mol. The summed E-state index contributed by atoms with van der Waals surface area (Å²) < 4.78 is 10.8. The predicted octanol–water partition coefficient (Wildman–Crippen LogP) is 2.32. The van der Waals surface area contributed by atoms with E-state index in [2.05, 4.69) is 14.9 Å². The number of hydrogen-bond acceptors (Lipinski definition) is 7. The lowest BCUT2D eigenvalue weighted by Gasteiger charge is -2.37. The summed E-state index contributed by atoms with van der Waals surface area (Å²) in [6.07, 6.45) is 0.129. The van der Waals surface area contributed by atoms with E-state index in [4.69, 9.17) is 9.47 Å². The van der Waals surface area contributed by atoms with Gasteiger partial charge in [0, 0.05) is 36.7 Å². The predicted molar refractivity (Wildman–Crippen MR) is 93.3 cm³/mol.